The maximum Gasteiger partial charge on any atom is 0.0876 e. The number of nitrogens with one attached hydrogen (secondary N) is 1. The number of nitrogens with zero attached hydrogens (tertiary/aromatic N) is 2. The fourth-order valence-electron chi connectivity index (χ4n) is 10.3. The molecule has 284 valence electrons. The number of fused-ring (bicyclic) bond motifs is 7. The minimum absolute atomic E-state index is 0.373. The quantitative estimate of drug-likeness (QED) is 0.183. The predicted molar refractivity (Wildman–Crippen MR) is 247 cm³/mol. The predicted octanol–water partition coefficient (Wildman–Crippen LogP) is 13.0. The van der Waals surface area contributed by atoms with E-state index in [-0.39, 0.29) is 5.54 Å². The highest BCUT2D eigenvalue weighted by Crippen LogP contribution is 2.58. The monoisotopic (exact) mass is 759 g/mol. The molecule has 0 spiro atoms. The summed E-state index contributed by atoms with van der Waals surface area (Å²) in [6.07, 6.45) is 9.95. The van der Waals surface area contributed by atoms with Crippen molar-refractivity contribution >= 4 is 28.4 Å². The lowest BCUT2D eigenvalue weighted by Gasteiger charge is -2.38. The van der Waals surface area contributed by atoms with Gasteiger partial charge >= 0.3 is 0 Å². The average Bonchev–Trinajstić information content (AvgIpc) is 3.44. The fourth-order valence-corrected chi connectivity index (χ4v) is 10.3. The normalized spacial score (nSPS) is 18.1. The highest BCUT2D eigenvalue weighted by Gasteiger charge is 2.48. The van der Waals surface area contributed by atoms with Gasteiger partial charge in [0.25, 0.3) is 0 Å². The molecule has 1 atom stereocenters. The first kappa shape index (κ1) is 35.2. The summed E-state index contributed by atoms with van der Waals surface area (Å²) in [4.78, 5) is 8.16. The van der Waals surface area contributed by atoms with Crippen LogP contribution in [0.3, 0.4) is 0 Å². The van der Waals surface area contributed by atoms with Gasteiger partial charge in [-0.2, -0.15) is 0 Å². The Balaban J connectivity index is 1.06. The van der Waals surface area contributed by atoms with Crippen molar-refractivity contribution in [3.8, 4) is 22.3 Å². The van der Waals surface area contributed by atoms with E-state index in [9.17, 15) is 0 Å². The Labute approximate surface area is 347 Å². The maximum atomic E-state index is 5.75. The first-order valence-electron chi connectivity index (χ1n) is 21.0. The van der Waals surface area contributed by atoms with Crippen LogP contribution in [0.4, 0.5) is 11.4 Å². The van der Waals surface area contributed by atoms with Crippen LogP contribution in [0.15, 0.2) is 199 Å². The summed E-state index contributed by atoms with van der Waals surface area (Å²) in [5.74, 6) is 0. The lowest BCUT2D eigenvalue weighted by Crippen LogP contribution is -2.33. The first-order chi connectivity index (χ1) is 29.1. The van der Waals surface area contributed by atoms with Gasteiger partial charge in [0, 0.05) is 29.9 Å². The average molecular weight is 760 g/mol. The molecular weight excluding hydrogens is 715 g/mol. The van der Waals surface area contributed by atoms with Crippen molar-refractivity contribution in [1.29, 1.82) is 0 Å². The zero-order valence-corrected chi connectivity index (χ0v) is 33.5. The van der Waals surface area contributed by atoms with Crippen molar-refractivity contribution in [2.45, 2.75) is 31.2 Å². The minimum Gasteiger partial charge on any atom is -0.380 e. The van der Waals surface area contributed by atoms with Crippen molar-refractivity contribution in [1.82, 2.24) is 0 Å². The maximum absolute atomic E-state index is 5.75. The van der Waals surface area contributed by atoms with Crippen molar-refractivity contribution in [2.75, 3.05) is 23.3 Å². The summed E-state index contributed by atoms with van der Waals surface area (Å²) in [6.45, 7) is 6.20. The number of anilines is 2. The standard InChI is InChI=1S/C56H45N3/c1-3-59-52(32-34-57-51-26-12-13-27-53(51)59)39-30-28-38(29-31-39)40-17-16-18-41(35-40)54-47-37-50-45(36-46(47)48-24-14-15-33-55(48,2)58-54)44-23-10-11-25-49(44)56(50,42-19-6-4-7-20-42)43-21-8-5-9-22-43/h4-32,35-37,57H,3,33-34H2,1-2H3. The Morgan fingerprint density at radius 2 is 1.29 bits per heavy atom. The largest absolute Gasteiger partial charge is 0.380 e. The number of rotatable bonds is 6. The van der Waals surface area contributed by atoms with E-state index in [0.29, 0.717) is 0 Å². The van der Waals surface area contributed by atoms with Gasteiger partial charge in [-0.25, -0.2) is 0 Å². The van der Waals surface area contributed by atoms with Gasteiger partial charge in [0.2, 0.25) is 0 Å². The van der Waals surface area contributed by atoms with E-state index in [0.717, 1.165) is 30.8 Å². The lowest BCUT2D eigenvalue weighted by molar-refractivity contribution is 0.608. The van der Waals surface area contributed by atoms with Gasteiger partial charge in [-0.3, -0.25) is 4.99 Å². The van der Waals surface area contributed by atoms with Gasteiger partial charge in [-0.1, -0.05) is 158 Å². The third kappa shape index (κ3) is 5.45. The molecule has 11 rings (SSSR count). The smallest absolute Gasteiger partial charge is 0.0876 e. The molecule has 3 heteroatoms. The zero-order valence-electron chi connectivity index (χ0n) is 33.5. The van der Waals surface area contributed by atoms with E-state index >= 15 is 0 Å². The summed E-state index contributed by atoms with van der Waals surface area (Å²) in [5, 5.41) is 3.59. The molecule has 1 N–H and O–H groups in total. The van der Waals surface area contributed by atoms with Crippen LogP contribution in [0.5, 0.6) is 0 Å². The lowest BCUT2D eigenvalue weighted by atomic mass is 9.66. The van der Waals surface area contributed by atoms with Crippen molar-refractivity contribution < 1.29 is 0 Å². The molecule has 0 bridgehead atoms. The molecule has 7 aromatic rings. The van der Waals surface area contributed by atoms with Crippen LogP contribution in [-0.2, 0) is 5.41 Å². The number of hydrogen-bond donors (Lipinski definition) is 1. The fraction of sp³-hybridized carbons (Fsp3) is 0.125. The van der Waals surface area contributed by atoms with Gasteiger partial charge in [-0.05, 0) is 118 Å². The number of aliphatic imine (C=N–C) groups is 1. The topological polar surface area (TPSA) is 27.6 Å². The van der Waals surface area contributed by atoms with Crippen LogP contribution in [0.1, 0.15) is 64.8 Å². The molecular formula is C56H45N3. The molecule has 59 heavy (non-hydrogen) atoms. The molecule has 2 aliphatic carbocycles. The molecule has 0 saturated carbocycles. The van der Waals surface area contributed by atoms with Gasteiger partial charge in [-0.15, -0.1) is 0 Å². The van der Waals surface area contributed by atoms with E-state index < -0.39 is 5.41 Å². The molecule has 0 aromatic heterocycles. The summed E-state index contributed by atoms with van der Waals surface area (Å²) in [6, 6.07) is 62.9. The van der Waals surface area contributed by atoms with E-state index in [4.69, 9.17) is 4.99 Å². The van der Waals surface area contributed by atoms with Gasteiger partial charge in [0.1, 0.15) is 0 Å². The minimum atomic E-state index is -0.488. The van der Waals surface area contributed by atoms with Crippen molar-refractivity contribution in [3.05, 3.63) is 239 Å². The summed E-state index contributed by atoms with van der Waals surface area (Å²) in [7, 11) is 0. The van der Waals surface area contributed by atoms with Crippen molar-refractivity contribution in [2.24, 2.45) is 4.99 Å². The van der Waals surface area contributed by atoms with Crippen molar-refractivity contribution in [3.63, 3.8) is 0 Å². The van der Waals surface area contributed by atoms with Crippen LogP contribution in [0.2, 0.25) is 0 Å². The Hall–Kier alpha value is -6.97. The van der Waals surface area contributed by atoms with Crippen LogP contribution >= 0.6 is 0 Å². The number of hydrogen-bond acceptors (Lipinski definition) is 3. The van der Waals surface area contributed by atoms with Crippen LogP contribution in [-0.4, -0.2) is 24.3 Å². The number of allylic oxidation sites excluding steroid dienone is 2. The molecule has 3 nitrogen and oxygen atoms in total. The van der Waals surface area contributed by atoms with E-state index in [1.54, 1.807) is 0 Å². The van der Waals surface area contributed by atoms with Crippen LogP contribution < -0.4 is 10.2 Å². The van der Waals surface area contributed by atoms with Crippen LogP contribution in [0, 0.1) is 0 Å². The number of para-hydroxylation sites is 2. The summed E-state index contributed by atoms with van der Waals surface area (Å²) in [5.41, 5.74) is 20.0. The Morgan fingerprint density at radius 3 is 2.07 bits per heavy atom. The molecule has 7 aromatic carbocycles. The molecule has 1 unspecified atom stereocenters. The molecule has 0 amide bonds. The molecule has 0 fully saturated rings. The van der Waals surface area contributed by atoms with E-state index in [1.165, 1.54) is 83.8 Å². The summed E-state index contributed by atoms with van der Waals surface area (Å²) < 4.78 is 0. The third-order valence-corrected chi connectivity index (χ3v) is 13.0. The summed E-state index contributed by atoms with van der Waals surface area (Å²) >= 11 is 0. The van der Waals surface area contributed by atoms with Gasteiger partial charge < -0.3 is 10.2 Å². The van der Waals surface area contributed by atoms with Gasteiger partial charge in [0.05, 0.1) is 28.0 Å². The molecule has 4 aliphatic rings. The molecule has 2 aliphatic heterocycles. The molecule has 2 heterocycles. The van der Waals surface area contributed by atoms with E-state index in [1.807, 2.05) is 0 Å². The Morgan fingerprint density at radius 1 is 0.593 bits per heavy atom. The Bertz CT molecular complexity index is 2860. The van der Waals surface area contributed by atoms with Gasteiger partial charge in [0.15, 0.2) is 0 Å². The Kier molecular flexibility index (Phi) is 8.27. The third-order valence-electron chi connectivity index (χ3n) is 13.0. The highest BCUT2D eigenvalue weighted by molar-refractivity contribution is 6.19. The van der Waals surface area contributed by atoms with E-state index in [2.05, 4.69) is 218 Å². The SMILES string of the molecule is CCN1C(c2ccc(-c3cccc(C4=NC5(C)CC=CC=C5c5cc6c(cc54)C(c4ccccc4)(c4ccccc4)c4ccccc4-6)c3)cc2)=CCNc2ccccc21. The number of benzene rings is 7. The molecule has 0 radical (unpaired) electrons. The van der Waals surface area contributed by atoms with Crippen LogP contribution in [0.25, 0.3) is 33.5 Å². The first-order valence-corrected chi connectivity index (χ1v) is 21.0. The molecule has 0 saturated heterocycles. The second-order valence-corrected chi connectivity index (χ2v) is 16.3. The second-order valence-electron chi connectivity index (χ2n) is 16.3. The highest BCUT2D eigenvalue weighted by atomic mass is 15.2. The second kappa shape index (κ2) is 13.9. The zero-order chi connectivity index (χ0) is 39.6.